The monoisotopic (exact) mass is 462 g/mol. The Bertz CT molecular complexity index is 1070. The number of aliphatic imine (C=N–C) groups is 1. The number of fused-ring (bicyclic) bond motifs is 3. The van der Waals surface area contributed by atoms with Crippen molar-refractivity contribution >= 4 is 23.1 Å². The van der Waals surface area contributed by atoms with Crippen LogP contribution in [0.2, 0.25) is 0 Å². The van der Waals surface area contributed by atoms with Gasteiger partial charge in [0.15, 0.2) is 0 Å². The predicted octanol–water partition coefficient (Wildman–Crippen LogP) is 3.59. The van der Waals surface area contributed by atoms with Gasteiger partial charge in [-0.25, -0.2) is 4.99 Å². The van der Waals surface area contributed by atoms with Gasteiger partial charge in [-0.2, -0.15) is 18.3 Å². The molecule has 5 rings (SSSR count). The van der Waals surface area contributed by atoms with Crippen LogP contribution in [0.25, 0.3) is 5.57 Å². The maximum Gasteiger partial charge on any atom is 0.391 e. The fraction of sp³-hybridized carbons (Fsp3) is 0.565. The Balaban J connectivity index is 1.44. The number of carbonyl (C=O) groups is 2. The normalized spacial score (nSPS) is 24.6. The van der Waals surface area contributed by atoms with Crippen LogP contribution < -0.4 is 0 Å². The zero-order valence-corrected chi connectivity index (χ0v) is 18.3. The third kappa shape index (κ3) is 3.94. The van der Waals surface area contributed by atoms with E-state index in [1.165, 1.54) is 11.1 Å². The molecule has 0 saturated carbocycles. The number of piperidine rings is 1. The highest BCUT2D eigenvalue weighted by Gasteiger charge is 2.43. The molecule has 2 fully saturated rings. The van der Waals surface area contributed by atoms with E-state index in [1.807, 2.05) is 4.68 Å². The first-order chi connectivity index (χ1) is 15.7. The number of halogens is 3. The van der Waals surface area contributed by atoms with Crippen molar-refractivity contribution in [2.75, 3.05) is 26.3 Å². The standard InChI is InChI=1S/C23H25F3N4O3/c1-13-10-19-17(11-16(13)22(32)29-6-2-14(3-7-29)23(24,25)26)20-18(21(31)28-19)12-27-30(20)15-4-8-33-9-5-15/h10-12,14-16H,2-9H2,1H3. The highest BCUT2D eigenvalue weighted by molar-refractivity contribution is 6.36. The zero-order chi connectivity index (χ0) is 23.3. The van der Waals surface area contributed by atoms with Crippen molar-refractivity contribution in [3.63, 3.8) is 0 Å². The van der Waals surface area contributed by atoms with E-state index in [4.69, 9.17) is 4.74 Å². The summed E-state index contributed by atoms with van der Waals surface area (Å²) in [6, 6.07) is 0.0816. The van der Waals surface area contributed by atoms with Crippen molar-refractivity contribution in [1.29, 1.82) is 0 Å². The van der Waals surface area contributed by atoms with Crippen molar-refractivity contribution in [2.45, 2.75) is 44.8 Å². The summed E-state index contributed by atoms with van der Waals surface area (Å²) in [5.74, 6) is -2.55. The number of aromatic nitrogens is 2. The van der Waals surface area contributed by atoms with Crippen LogP contribution in [0, 0.1) is 11.8 Å². The quantitative estimate of drug-likeness (QED) is 0.673. The minimum atomic E-state index is -4.23. The van der Waals surface area contributed by atoms with Gasteiger partial charge in [-0.3, -0.25) is 14.3 Å². The van der Waals surface area contributed by atoms with Crippen LogP contribution in [0.4, 0.5) is 13.2 Å². The Hall–Kier alpha value is -2.75. The first-order valence-corrected chi connectivity index (χ1v) is 11.3. The number of alkyl halides is 3. The number of nitrogens with zero attached hydrogens (tertiary/aromatic N) is 4. The van der Waals surface area contributed by atoms with Gasteiger partial charge in [0, 0.05) is 31.9 Å². The fourth-order valence-electron chi connectivity index (χ4n) is 5.11. The van der Waals surface area contributed by atoms with Gasteiger partial charge in [-0.05, 0) is 38.7 Å². The summed E-state index contributed by atoms with van der Waals surface area (Å²) in [6.45, 7) is 3.18. The number of hydrogen-bond donors (Lipinski definition) is 0. The van der Waals surface area contributed by atoms with Crippen molar-refractivity contribution in [3.05, 3.63) is 35.2 Å². The van der Waals surface area contributed by atoms with Crippen LogP contribution >= 0.6 is 0 Å². The van der Waals surface area contributed by atoms with Crippen molar-refractivity contribution in [2.24, 2.45) is 16.8 Å². The van der Waals surface area contributed by atoms with Gasteiger partial charge in [0.05, 0.1) is 41.0 Å². The molecule has 1 unspecified atom stereocenters. The molecule has 4 aliphatic rings. The van der Waals surface area contributed by atoms with Crippen LogP contribution in [-0.4, -0.2) is 64.7 Å². The maximum atomic E-state index is 13.3. The molecule has 0 spiro atoms. The topological polar surface area (TPSA) is 76.8 Å². The van der Waals surface area contributed by atoms with Crippen molar-refractivity contribution < 1.29 is 27.5 Å². The second-order valence-electron chi connectivity index (χ2n) is 9.08. The summed E-state index contributed by atoms with van der Waals surface area (Å²) >= 11 is 0. The Morgan fingerprint density at radius 2 is 1.85 bits per heavy atom. The van der Waals surface area contributed by atoms with Gasteiger partial charge in [-0.1, -0.05) is 11.6 Å². The Morgan fingerprint density at radius 1 is 1.15 bits per heavy atom. The van der Waals surface area contributed by atoms with Gasteiger partial charge in [0.25, 0.3) is 5.91 Å². The SMILES string of the molecule is CC1=CC2=NC(=O)c3cnn(C4CCOCC4)c3C2=CC1C(=O)N1CCC(C(F)(F)F)CC1. The maximum absolute atomic E-state index is 13.3. The molecule has 7 nitrogen and oxygen atoms in total. The van der Waals surface area contributed by atoms with Crippen molar-refractivity contribution in [1.82, 2.24) is 14.7 Å². The summed E-state index contributed by atoms with van der Waals surface area (Å²) in [5.41, 5.74) is 2.96. The highest BCUT2D eigenvalue weighted by atomic mass is 19.4. The number of likely N-dealkylation sites (tertiary alicyclic amines) is 1. The second-order valence-corrected chi connectivity index (χ2v) is 9.08. The van der Waals surface area contributed by atoms with Crippen LogP contribution in [0.5, 0.6) is 0 Å². The molecule has 0 radical (unpaired) electrons. The number of allylic oxidation sites excluding steroid dienone is 2. The number of hydrogen-bond acceptors (Lipinski definition) is 4. The molecule has 0 N–H and O–H groups in total. The van der Waals surface area contributed by atoms with Gasteiger partial charge < -0.3 is 9.64 Å². The minimum Gasteiger partial charge on any atom is -0.381 e. The third-order valence-corrected chi connectivity index (χ3v) is 7.04. The Kier molecular flexibility index (Phi) is 5.50. The van der Waals surface area contributed by atoms with Crippen LogP contribution in [0.1, 0.15) is 54.7 Å². The molecule has 2 saturated heterocycles. The molecule has 1 aliphatic carbocycles. The number of ether oxygens (including phenoxy) is 1. The molecule has 0 aromatic carbocycles. The molecule has 1 atom stereocenters. The number of carbonyl (C=O) groups excluding carboxylic acids is 2. The van der Waals surface area contributed by atoms with Gasteiger partial charge in [0.1, 0.15) is 0 Å². The lowest BCUT2D eigenvalue weighted by molar-refractivity contribution is -0.186. The molecule has 2 amide bonds. The van der Waals surface area contributed by atoms with E-state index in [0.29, 0.717) is 41.3 Å². The predicted molar refractivity (Wildman–Crippen MR) is 114 cm³/mol. The van der Waals surface area contributed by atoms with Gasteiger partial charge in [0.2, 0.25) is 5.91 Å². The van der Waals surface area contributed by atoms with E-state index in [-0.39, 0.29) is 43.8 Å². The summed E-state index contributed by atoms with van der Waals surface area (Å²) in [5, 5.41) is 4.48. The molecule has 1 aromatic rings. The third-order valence-electron chi connectivity index (χ3n) is 7.04. The summed E-state index contributed by atoms with van der Waals surface area (Å²) in [4.78, 5) is 31.7. The van der Waals surface area contributed by atoms with E-state index in [1.54, 1.807) is 19.1 Å². The lowest BCUT2D eigenvalue weighted by atomic mass is 9.84. The molecule has 33 heavy (non-hydrogen) atoms. The molecular weight excluding hydrogens is 437 g/mol. The van der Waals surface area contributed by atoms with Crippen molar-refractivity contribution in [3.8, 4) is 0 Å². The van der Waals surface area contributed by atoms with Crippen LogP contribution in [-0.2, 0) is 9.53 Å². The largest absolute Gasteiger partial charge is 0.391 e. The molecule has 0 bridgehead atoms. The average Bonchev–Trinajstić information content (AvgIpc) is 3.25. The summed E-state index contributed by atoms with van der Waals surface area (Å²) in [7, 11) is 0. The molecule has 3 aliphatic heterocycles. The van der Waals surface area contributed by atoms with Crippen LogP contribution in [0.15, 0.2) is 28.9 Å². The minimum absolute atomic E-state index is 0.0802. The van der Waals surface area contributed by atoms with Gasteiger partial charge >= 0.3 is 6.18 Å². The van der Waals surface area contributed by atoms with Crippen LogP contribution in [0.3, 0.4) is 0 Å². The summed E-state index contributed by atoms with van der Waals surface area (Å²) in [6.07, 6.45) is 2.22. The van der Waals surface area contributed by atoms with E-state index in [9.17, 15) is 22.8 Å². The van der Waals surface area contributed by atoms with E-state index < -0.39 is 18.0 Å². The average molecular weight is 462 g/mol. The first kappa shape index (κ1) is 22.1. The first-order valence-electron chi connectivity index (χ1n) is 11.3. The van der Waals surface area contributed by atoms with Gasteiger partial charge in [-0.15, -0.1) is 0 Å². The molecular formula is C23H25F3N4O3. The van der Waals surface area contributed by atoms with E-state index in [0.717, 1.165) is 12.8 Å². The summed E-state index contributed by atoms with van der Waals surface area (Å²) < 4.78 is 46.4. The zero-order valence-electron chi connectivity index (χ0n) is 18.3. The van der Waals surface area contributed by atoms with E-state index >= 15 is 0 Å². The Morgan fingerprint density at radius 3 is 2.52 bits per heavy atom. The number of rotatable bonds is 2. The molecule has 176 valence electrons. The molecule has 4 heterocycles. The lowest BCUT2D eigenvalue weighted by Crippen LogP contribution is -2.45. The molecule has 1 aromatic heterocycles. The fourth-order valence-corrected chi connectivity index (χ4v) is 5.11. The molecule has 10 heteroatoms. The highest BCUT2D eigenvalue weighted by Crippen LogP contribution is 2.38. The Labute approximate surface area is 189 Å². The number of amides is 2. The smallest absolute Gasteiger partial charge is 0.381 e. The lowest BCUT2D eigenvalue weighted by Gasteiger charge is -2.35. The van der Waals surface area contributed by atoms with E-state index in [2.05, 4.69) is 10.1 Å². The second kappa shape index (κ2) is 8.23.